The van der Waals surface area contributed by atoms with Crippen LogP contribution in [0, 0.1) is 5.82 Å². The number of halogens is 1. The van der Waals surface area contributed by atoms with Crippen LogP contribution in [0.5, 0.6) is 5.75 Å². The summed E-state index contributed by atoms with van der Waals surface area (Å²) in [4.78, 5) is 12.1. The summed E-state index contributed by atoms with van der Waals surface area (Å²) >= 11 is 0. The first-order valence-electron chi connectivity index (χ1n) is 11.9. The van der Waals surface area contributed by atoms with E-state index in [1.54, 1.807) is 12.1 Å². The van der Waals surface area contributed by atoms with E-state index in [2.05, 4.69) is 54.7 Å². The first-order valence-corrected chi connectivity index (χ1v) is 11.9. The molecular formula is C30H28FNO3. The Bertz CT molecular complexity index is 1360. The zero-order valence-corrected chi connectivity index (χ0v) is 19.8. The average molecular weight is 470 g/mol. The van der Waals surface area contributed by atoms with Gasteiger partial charge in [0.25, 0.3) is 0 Å². The van der Waals surface area contributed by atoms with Crippen molar-refractivity contribution in [1.29, 1.82) is 0 Å². The van der Waals surface area contributed by atoms with Gasteiger partial charge < -0.3 is 14.8 Å². The molecule has 1 aliphatic heterocycles. The number of fused-ring (bicyclic) bond motifs is 2. The summed E-state index contributed by atoms with van der Waals surface area (Å²) in [5.74, 6) is -0.462. The molecule has 0 saturated carbocycles. The lowest BCUT2D eigenvalue weighted by Crippen LogP contribution is -2.37. The zero-order valence-electron chi connectivity index (χ0n) is 19.8. The molecule has 0 amide bonds. The molecule has 0 fully saturated rings. The van der Waals surface area contributed by atoms with Crippen LogP contribution in [0.25, 0.3) is 10.8 Å². The van der Waals surface area contributed by atoms with Crippen molar-refractivity contribution in [2.75, 3.05) is 13.7 Å². The molecule has 0 spiro atoms. The molecule has 0 radical (unpaired) electrons. The van der Waals surface area contributed by atoms with Crippen molar-refractivity contribution in [2.24, 2.45) is 0 Å². The predicted molar refractivity (Wildman–Crippen MR) is 135 cm³/mol. The van der Waals surface area contributed by atoms with Crippen LogP contribution in [0.4, 0.5) is 4.39 Å². The molecule has 1 heterocycles. The van der Waals surface area contributed by atoms with Gasteiger partial charge in [-0.1, -0.05) is 66.7 Å². The Kier molecular flexibility index (Phi) is 6.51. The van der Waals surface area contributed by atoms with Crippen LogP contribution in [0.3, 0.4) is 0 Å². The summed E-state index contributed by atoms with van der Waals surface area (Å²) in [6.07, 6.45) is 0.623. The first-order chi connectivity index (χ1) is 17.0. The molecule has 1 N–H and O–H groups in total. The average Bonchev–Trinajstić information content (AvgIpc) is 2.90. The second kappa shape index (κ2) is 9.88. The van der Waals surface area contributed by atoms with Gasteiger partial charge in [-0.25, -0.2) is 9.18 Å². The quantitative estimate of drug-likeness (QED) is 0.332. The Morgan fingerprint density at radius 2 is 1.83 bits per heavy atom. The van der Waals surface area contributed by atoms with Crippen LogP contribution in [-0.2, 0) is 4.74 Å². The maximum atomic E-state index is 14.3. The van der Waals surface area contributed by atoms with Crippen LogP contribution in [-0.4, -0.2) is 25.7 Å². The molecular weight excluding hydrogens is 441 g/mol. The molecule has 4 aromatic rings. The molecule has 0 aliphatic carbocycles. The van der Waals surface area contributed by atoms with Gasteiger partial charge in [-0.05, 0) is 53.4 Å². The minimum absolute atomic E-state index is 0.0244. The maximum absolute atomic E-state index is 14.3. The van der Waals surface area contributed by atoms with Crippen molar-refractivity contribution in [3.05, 3.63) is 113 Å². The van der Waals surface area contributed by atoms with Gasteiger partial charge in [-0.3, -0.25) is 0 Å². The monoisotopic (exact) mass is 469 g/mol. The Labute approximate surface area is 204 Å². The van der Waals surface area contributed by atoms with E-state index in [0.29, 0.717) is 13.0 Å². The van der Waals surface area contributed by atoms with Gasteiger partial charge in [-0.15, -0.1) is 0 Å². The van der Waals surface area contributed by atoms with Gasteiger partial charge in [0.05, 0.1) is 12.7 Å². The normalized spacial score (nSPS) is 17.9. The number of esters is 1. The van der Waals surface area contributed by atoms with E-state index in [0.717, 1.165) is 16.9 Å². The van der Waals surface area contributed by atoms with Crippen molar-refractivity contribution in [2.45, 2.75) is 31.4 Å². The Balaban J connectivity index is 1.39. The van der Waals surface area contributed by atoms with Crippen molar-refractivity contribution in [3.8, 4) is 5.75 Å². The molecule has 0 bridgehead atoms. The second-order valence-corrected chi connectivity index (χ2v) is 9.00. The van der Waals surface area contributed by atoms with Gasteiger partial charge in [0.15, 0.2) is 0 Å². The summed E-state index contributed by atoms with van der Waals surface area (Å²) in [6.45, 7) is 2.82. The number of nitrogens with one attached hydrogen (secondary N) is 1. The van der Waals surface area contributed by atoms with Crippen LogP contribution in [0.2, 0.25) is 0 Å². The Hall–Kier alpha value is -3.70. The number of rotatable bonds is 6. The second-order valence-electron chi connectivity index (χ2n) is 9.00. The number of hydrogen-bond acceptors (Lipinski definition) is 4. The van der Waals surface area contributed by atoms with Crippen LogP contribution in [0.1, 0.15) is 52.4 Å². The minimum Gasteiger partial charge on any atom is -0.489 e. The third-order valence-corrected chi connectivity index (χ3v) is 6.83. The summed E-state index contributed by atoms with van der Waals surface area (Å²) < 4.78 is 25.4. The van der Waals surface area contributed by atoms with Crippen molar-refractivity contribution >= 4 is 16.7 Å². The number of carbonyl (C=O) groups excluding carboxylic acids is 1. The Morgan fingerprint density at radius 1 is 1.06 bits per heavy atom. The molecule has 3 atom stereocenters. The van der Waals surface area contributed by atoms with E-state index in [9.17, 15) is 9.18 Å². The summed E-state index contributed by atoms with van der Waals surface area (Å²) in [5.41, 5.74) is 3.10. The van der Waals surface area contributed by atoms with E-state index in [1.807, 2.05) is 24.3 Å². The zero-order chi connectivity index (χ0) is 24.4. The van der Waals surface area contributed by atoms with E-state index in [-0.39, 0.29) is 23.6 Å². The molecule has 0 saturated heterocycles. The highest BCUT2D eigenvalue weighted by molar-refractivity contribution is 5.90. The lowest BCUT2D eigenvalue weighted by Gasteiger charge is -2.33. The molecule has 4 aromatic carbocycles. The minimum atomic E-state index is -0.674. The van der Waals surface area contributed by atoms with Gasteiger partial charge in [0.1, 0.15) is 17.7 Å². The number of methoxy groups -OCH3 is 1. The van der Waals surface area contributed by atoms with Gasteiger partial charge in [-0.2, -0.15) is 0 Å². The fourth-order valence-electron chi connectivity index (χ4n) is 5.01. The molecule has 4 nitrogen and oxygen atoms in total. The summed E-state index contributed by atoms with van der Waals surface area (Å²) in [7, 11) is 1.26. The molecule has 5 heteroatoms. The van der Waals surface area contributed by atoms with Crippen molar-refractivity contribution in [3.63, 3.8) is 0 Å². The van der Waals surface area contributed by atoms with Crippen LogP contribution >= 0.6 is 0 Å². The number of carbonyl (C=O) groups is 1. The van der Waals surface area contributed by atoms with Crippen molar-refractivity contribution < 1.29 is 18.7 Å². The fourth-order valence-corrected chi connectivity index (χ4v) is 5.01. The first kappa shape index (κ1) is 23.1. The van der Waals surface area contributed by atoms with Crippen molar-refractivity contribution in [1.82, 2.24) is 5.32 Å². The van der Waals surface area contributed by atoms with Gasteiger partial charge in [0, 0.05) is 24.1 Å². The van der Waals surface area contributed by atoms with Gasteiger partial charge in [0.2, 0.25) is 0 Å². The molecule has 1 aliphatic rings. The van der Waals surface area contributed by atoms with Crippen LogP contribution < -0.4 is 10.1 Å². The molecule has 178 valence electrons. The highest BCUT2D eigenvalue weighted by atomic mass is 19.1. The van der Waals surface area contributed by atoms with Crippen LogP contribution in [0.15, 0.2) is 84.9 Å². The van der Waals surface area contributed by atoms with E-state index in [4.69, 9.17) is 9.47 Å². The number of para-hydroxylation sites is 1. The molecule has 0 unspecified atom stereocenters. The number of ether oxygens (including phenoxy) is 2. The largest absolute Gasteiger partial charge is 0.489 e. The number of hydrogen-bond donors (Lipinski definition) is 1. The number of benzene rings is 4. The lowest BCUT2D eigenvalue weighted by molar-refractivity contribution is 0.0595. The lowest BCUT2D eigenvalue weighted by atomic mass is 9.83. The maximum Gasteiger partial charge on any atom is 0.340 e. The SMILES string of the molecule is COC(=O)c1cc([C@@H]2C[C@H](CN[C@H](C)c3cccc4ccccc34)Oc3ccccc32)ccc1F. The topological polar surface area (TPSA) is 47.6 Å². The summed E-state index contributed by atoms with van der Waals surface area (Å²) in [6, 6.07) is 27.5. The van der Waals surface area contributed by atoms with E-state index in [1.165, 1.54) is 29.5 Å². The standard InChI is InChI=1S/C30H28FNO3/c1-19(23-12-7-9-20-8-3-4-10-24(20)23)32-18-22-17-26(25-11-5-6-13-29(25)35-22)21-14-15-28(31)27(16-21)30(33)34-2/h3-16,19,22,26,32H,17-18H2,1-2H3/t19-,22-,26+/m1/s1. The molecule has 35 heavy (non-hydrogen) atoms. The molecule has 5 rings (SSSR count). The summed E-state index contributed by atoms with van der Waals surface area (Å²) in [5, 5.41) is 6.11. The van der Waals surface area contributed by atoms with E-state index >= 15 is 0 Å². The highest BCUT2D eigenvalue weighted by Gasteiger charge is 2.30. The highest BCUT2D eigenvalue weighted by Crippen LogP contribution is 2.40. The van der Waals surface area contributed by atoms with Gasteiger partial charge >= 0.3 is 5.97 Å². The van der Waals surface area contributed by atoms with E-state index < -0.39 is 11.8 Å². The third-order valence-electron chi connectivity index (χ3n) is 6.83. The molecule has 0 aromatic heterocycles. The fraction of sp³-hybridized carbons (Fsp3) is 0.233. The smallest absolute Gasteiger partial charge is 0.340 e. The predicted octanol–water partition coefficient (Wildman–Crippen LogP) is 6.40. The Morgan fingerprint density at radius 3 is 2.69 bits per heavy atom. The third kappa shape index (κ3) is 4.64.